The van der Waals surface area contributed by atoms with Gasteiger partial charge in [0.1, 0.15) is 11.9 Å². The molecule has 3 aromatic carbocycles. The molecule has 4 rings (SSSR count). The summed E-state index contributed by atoms with van der Waals surface area (Å²) in [6.45, 7) is 0. The molecule has 0 saturated heterocycles. The van der Waals surface area contributed by atoms with Crippen molar-refractivity contribution in [3.05, 3.63) is 94.3 Å². The van der Waals surface area contributed by atoms with Crippen molar-refractivity contribution in [1.29, 1.82) is 0 Å². The van der Waals surface area contributed by atoms with Gasteiger partial charge in [-0.1, -0.05) is 18.2 Å². The van der Waals surface area contributed by atoms with Gasteiger partial charge < -0.3 is 20.1 Å². The highest BCUT2D eigenvalue weighted by Gasteiger charge is 2.23. The zero-order chi connectivity index (χ0) is 21.3. The zero-order valence-corrected chi connectivity index (χ0v) is 15.5. The Balaban J connectivity index is 1.88. The van der Waals surface area contributed by atoms with E-state index in [1.54, 1.807) is 23.0 Å². The van der Waals surface area contributed by atoms with Gasteiger partial charge in [0, 0.05) is 23.4 Å². The molecule has 9 nitrogen and oxygen atoms in total. The predicted octanol–water partition coefficient (Wildman–Crippen LogP) is 4.01. The topological polar surface area (TPSA) is 131 Å². The van der Waals surface area contributed by atoms with E-state index in [1.165, 1.54) is 30.3 Å². The Morgan fingerprint density at radius 3 is 2.67 bits per heavy atom. The summed E-state index contributed by atoms with van der Waals surface area (Å²) < 4.78 is 1.72. The van der Waals surface area contributed by atoms with Crippen LogP contribution in [-0.2, 0) is 0 Å². The molecule has 0 fully saturated rings. The molecule has 30 heavy (non-hydrogen) atoms. The molecule has 0 aliphatic carbocycles. The number of rotatable bonds is 6. The molecule has 0 aliphatic heterocycles. The first-order chi connectivity index (χ1) is 14.4. The average molecular weight is 404 g/mol. The summed E-state index contributed by atoms with van der Waals surface area (Å²) in [5, 5.41) is 34.2. The van der Waals surface area contributed by atoms with Gasteiger partial charge in [-0.25, -0.2) is 9.78 Å². The van der Waals surface area contributed by atoms with Crippen LogP contribution in [0.3, 0.4) is 0 Å². The smallest absolute Gasteiger partial charge is 0.335 e. The number of non-ortho nitro benzene ring substituents is 1. The molecule has 0 spiro atoms. The van der Waals surface area contributed by atoms with Crippen LogP contribution in [-0.4, -0.2) is 30.7 Å². The molecule has 0 unspecified atom stereocenters. The number of aromatic hydroxyl groups is 1. The molecule has 1 aromatic heterocycles. The third-order valence-electron chi connectivity index (χ3n) is 4.69. The van der Waals surface area contributed by atoms with E-state index in [4.69, 9.17) is 0 Å². The molecule has 0 bridgehead atoms. The van der Waals surface area contributed by atoms with Gasteiger partial charge in [0.05, 0.1) is 27.8 Å². The number of aromatic carboxylic acids is 1. The number of carbonyl (C=O) groups is 1. The van der Waals surface area contributed by atoms with Crippen LogP contribution in [0.25, 0.3) is 11.0 Å². The number of fused-ring (bicyclic) bond motifs is 1. The molecule has 1 atom stereocenters. The number of phenols is 1. The molecule has 3 N–H and O–H groups in total. The number of nitro groups is 1. The second-order valence-corrected chi connectivity index (χ2v) is 6.57. The average Bonchev–Trinajstić information content (AvgIpc) is 3.16. The predicted molar refractivity (Wildman–Crippen MR) is 110 cm³/mol. The minimum atomic E-state index is -1.08. The third-order valence-corrected chi connectivity index (χ3v) is 4.69. The van der Waals surface area contributed by atoms with Crippen molar-refractivity contribution in [1.82, 2.24) is 9.55 Å². The summed E-state index contributed by atoms with van der Waals surface area (Å²) >= 11 is 0. The van der Waals surface area contributed by atoms with Gasteiger partial charge in [-0.2, -0.15) is 0 Å². The molecule has 0 amide bonds. The van der Waals surface area contributed by atoms with Crippen LogP contribution in [0.15, 0.2) is 73.1 Å². The second kappa shape index (κ2) is 7.55. The van der Waals surface area contributed by atoms with Crippen molar-refractivity contribution in [2.75, 3.05) is 5.32 Å². The van der Waals surface area contributed by atoms with Crippen LogP contribution in [0, 0.1) is 10.1 Å². The Hall–Kier alpha value is -4.40. The normalized spacial score (nSPS) is 11.9. The summed E-state index contributed by atoms with van der Waals surface area (Å²) in [7, 11) is 0. The van der Waals surface area contributed by atoms with Gasteiger partial charge in [0.2, 0.25) is 0 Å². The van der Waals surface area contributed by atoms with Crippen LogP contribution >= 0.6 is 0 Å². The lowest BCUT2D eigenvalue weighted by Crippen LogP contribution is -2.19. The number of carboxylic acids is 1. The maximum absolute atomic E-state index is 11.3. The van der Waals surface area contributed by atoms with Crippen molar-refractivity contribution >= 4 is 28.4 Å². The third kappa shape index (κ3) is 3.51. The summed E-state index contributed by atoms with van der Waals surface area (Å²) in [5.41, 5.74) is 2.04. The second-order valence-electron chi connectivity index (χ2n) is 6.57. The van der Waals surface area contributed by atoms with Crippen molar-refractivity contribution in [2.24, 2.45) is 0 Å². The Labute approximate surface area is 170 Å². The lowest BCUT2D eigenvalue weighted by atomic mass is 10.1. The minimum absolute atomic E-state index is 0.0810. The number of anilines is 1. The number of nitro benzene ring substituents is 1. The number of nitrogens with zero attached hydrogens (tertiary/aromatic N) is 3. The SMILES string of the molecule is O=C(O)c1cccc(N[C@@H](c2cc([N+](=O)[O-])ccc2O)n2cnc3ccccc32)c1. The van der Waals surface area contributed by atoms with Crippen LogP contribution in [0.2, 0.25) is 0 Å². The first-order valence-electron chi connectivity index (χ1n) is 8.93. The minimum Gasteiger partial charge on any atom is -0.508 e. The van der Waals surface area contributed by atoms with E-state index >= 15 is 0 Å². The molecule has 0 aliphatic rings. The highest BCUT2D eigenvalue weighted by Crippen LogP contribution is 2.33. The monoisotopic (exact) mass is 404 g/mol. The van der Waals surface area contributed by atoms with Crippen LogP contribution < -0.4 is 5.32 Å². The number of benzene rings is 3. The fourth-order valence-electron chi connectivity index (χ4n) is 3.26. The number of para-hydroxylation sites is 2. The van der Waals surface area contributed by atoms with Gasteiger partial charge in [0.25, 0.3) is 5.69 Å². The fraction of sp³-hybridized carbons (Fsp3) is 0.0476. The van der Waals surface area contributed by atoms with Gasteiger partial charge in [-0.05, 0) is 36.4 Å². The fourth-order valence-corrected chi connectivity index (χ4v) is 3.26. The van der Waals surface area contributed by atoms with E-state index in [9.17, 15) is 25.1 Å². The van der Waals surface area contributed by atoms with Crippen molar-refractivity contribution in [3.63, 3.8) is 0 Å². The van der Waals surface area contributed by atoms with Crippen molar-refractivity contribution in [3.8, 4) is 5.75 Å². The van der Waals surface area contributed by atoms with Gasteiger partial charge in [0.15, 0.2) is 0 Å². The summed E-state index contributed by atoms with van der Waals surface area (Å²) in [4.78, 5) is 26.4. The molecule has 4 aromatic rings. The Morgan fingerprint density at radius 2 is 1.90 bits per heavy atom. The highest BCUT2D eigenvalue weighted by atomic mass is 16.6. The van der Waals surface area contributed by atoms with Crippen molar-refractivity contribution < 1.29 is 19.9 Å². The Morgan fingerprint density at radius 1 is 1.10 bits per heavy atom. The lowest BCUT2D eigenvalue weighted by molar-refractivity contribution is -0.385. The summed E-state index contributed by atoms with van der Waals surface area (Å²) in [5.74, 6) is -1.23. The number of aromatic nitrogens is 2. The molecule has 9 heteroatoms. The highest BCUT2D eigenvalue weighted by molar-refractivity contribution is 5.88. The maximum atomic E-state index is 11.3. The van der Waals surface area contributed by atoms with Gasteiger partial charge in [-0.3, -0.25) is 10.1 Å². The standard InChI is InChI=1S/C21H16N4O5/c26-19-9-8-15(25(29)30)11-16(19)20(23-14-5-3-4-13(10-14)21(27)28)24-12-22-17-6-1-2-7-18(17)24/h1-12,20,23,26H,(H,27,28)/t20-/m1/s1. The van der Waals surface area contributed by atoms with Crippen LogP contribution in [0.5, 0.6) is 5.75 Å². The molecule has 1 heterocycles. The molecule has 0 radical (unpaired) electrons. The first kappa shape index (κ1) is 18.9. The molecule has 150 valence electrons. The van der Waals surface area contributed by atoms with E-state index in [2.05, 4.69) is 10.3 Å². The quantitative estimate of drug-likeness (QED) is 0.327. The summed E-state index contributed by atoms with van der Waals surface area (Å²) in [6.07, 6.45) is 0.767. The van der Waals surface area contributed by atoms with Gasteiger partial charge in [-0.15, -0.1) is 0 Å². The number of imidazole rings is 1. The molecular weight excluding hydrogens is 388 g/mol. The van der Waals surface area contributed by atoms with Crippen LogP contribution in [0.1, 0.15) is 22.1 Å². The lowest BCUT2D eigenvalue weighted by Gasteiger charge is -2.23. The number of hydrogen-bond donors (Lipinski definition) is 3. The number of carboxylic acid groups (broad SMARTS) is 1. The van der Waals surface area contributed by atoms with E-state index in [0.29, 0.717) is 11.2 Å². The Kier molecular flexibility index (Phi) is 4.77. The zero-order valence-electron chi connectivity index (χ0n) is 15.5. The molecule has 0 saturated carbocycles. The van der Waals surface area contributed by atoms with E-state index < -0.39 is 17.1 Å². The first-order valence-corrected chi connectivity index (χ1v) is 8.93. The Bertz CT molecular complexity index is 1270. The van der Waals surface area contributed by atoms with E-state index in [0.717, 1.165) is 5.52 Å². The van der Waals surface area contributed by atoms with Crippen LogP contribution in [0.4, 0.5) is 11.4 Å². The number of hydrogen-bond acceptors (Lipinski definition) is 6. The largest absolute Gasteiger partial charge is 0.508 e. The number of phenolic OH excluding ortho intramolecular Hbond substituents is 1. The van der Waals surface area contributed by atoms with Crippen molar-refractivity contribution in [2.45, 2.75) is 6.17 Å². The van der Waals surface area contributed by atoms with Gasteiger partial charge >= 0.3 is 5.97 Å². The molecular formula is C21H16N4O5. The van der Waals surface area contributed by atoms with E-state index in [1.807, 2.05) is 24.3 Å². The maximum Gasteiger partial charge on any atom is 0.335 e. The van der Waals surface area contributed by atoms with E-state index in [-0.39, 0.29) is 22.6 Å². The number of nitrogens with one attached hydrogen (secondary N) is 1. The summed E-state index contributed by atoms with van der Waals surface area (Å²) in [6, 6.07) is 17.2.